The Labute approximate surface area is 201 Å². The van der Waals surface area contributed by atoms with Crippen LogP contribution in [0.2, 0.25) is 0 Å². The van der Waals surface area contributed by atoms with Crippen molar-refractivity contribution in [1.29, 1.82) is 0 Å². The van der Waals surface area contributed by atoms with Gasteiger partial charge in [0.1, 0.15) is 17.4 Å². The molecule has 10 heteroatoms. The van der Waals surface area contributed by atoms with E-state index in [0.717, 1.165) is 25.0 Å². The number of alkyl halides is 1. The Morgan fingerprint density at radius 1 is 1.31 bits per heavy atom. The molecule has 1 saturated heterocycles. The van der Waals surface area contributed by atoms with Crippen LogP contribution in [0.4, 0.5) is 10.1 Å². The molecule has 1 amide bonds. The predicted molar refractivity (Wildman–Crippen MR) is 126 cm³/mol. The highest BCUT2D eigenvalue weighted by Crippen LogP contribution is 2.53. The van der Waals surface area contributed by atoms with Crippen LogP contribution >= 0.6 is 0 Å². The van der Waals surface area contributed by atoms with Crippen LogP contribution in [0.15, 0.2) is 35.5 Å². The summed E-state index contributed by atoms with van der Waals surface area (Å²) in [5.41, 5.74) is 0.458. The quantitative estimate of drug-likeness (QED) is 0.579. The molecule has 4 heterocycles. The van der Waals surface area contributed by atoms with Crippen LogP contribution < -0.4 is 15.6 Å². The number of hydrogen-bond donors (Lipinski definition) is 1. The summed E-state index contributed by atoms with van der Waals surface area (Å²) in [4.78, 5) is 35.4. The number of ether oxygens (including phenoxy) is 2. The maximum atomic E-state index is 13.5. The van der Waals surface area contributed by atoms with Crippen molar-refractivity contribution < 1.29 is 18.7 Å². The van der Waals surface area contributed by atoms with Gasteiger partial charge < -0.3 is 19.4 Å². The largest absolute Gasteiger partial charge is 0.474 e. The second-order valence-corrected chi connectivity index (χ2v) is 10.6. The first-order valence-electron chi connectivity index (χ1n) is 12.0. The van der Waals surface area contributed by atoms with Gasteiger partial charge in [-0.3, -0.25) is 14.0 Å². The zero-order chi connectivity index (χ0) is 24.5. The molecule has 3 aromatic rings. The number of halogens is 1. The van der Waals surface area contributed by atoms with Gasteiger partial charge in [0.2, 0.25) is 11.7 Å². The molecule has 0 radical (unpaired) electrons. The predicted octanol–water partition coefficient (Wildman–Crippen LogP) is 3.42. The number of carbonyl (C=O) groups excluding carboxylic acids is 1. The van der Waals surface area contributed by atoms with Gasteiger partial charge in [-0.25, -0.2) is 9.37 Å². The van der Waals surface area contributed by atoms with E-state index >= 15 is 0 Å². The number of nitrogens with one attached hydrogen (secondary N) is 1. The van der Waals surface area contributed by atoms with Gasteiger partial charge in [-0.05, 0) is 52.2 Å². The fraction of sp³-hybridized carbons (Fsp3) is 0.520. The zero-order valence-corrected chi connectivity index (χ0v) is 20.0. The van der Waals surface area contributed by atoms with E-state index in [1.807, 2.05) is 20.0 Å². The van der Waals surface area contributed by atoms with E-state index in [4.69, 9.17) is 14.5 Å². The van der Waals surface area contributed by atoms with Crippen LogP contribution in [0.5, 0.6) is 5.88 Å². The molecular weight excluding hydrogens is 453 g/mol. The fourth-order valence-electron chi connectivity index (χ4n) is 5.37. The first kappa shape index (κ1) is 22.2. The van der Waals surface area contributed by atoms with Gasteiger partial charge in [0, 0.05) is 30.4 Å². The Hall–Kier alpha value is -3.27. The molecule has 2 bridgehead atoms. The average molecular weight is 482 g/mol. The van der Waals surface area contributed by atoms with E-state index in [0.29, 0.717) is 18.8 Å². The van der Waals surface area contributed by atoms with Crippen LogP contribution in [0, 0.1) is 0 Å². The Kier molecular flexibility index (Phi) is 4.83. The van der Waals surface area contributed by atoms with Crippen molar-refractivity contribution >= 4 is 17.4 Å². The third-order valence-electron chi connectivity index (χ3n) is 7.35. The van der Waals surface area contributed by atoms with Crippen molar-refractivity contribution in [3.8, 4) is 5.88 Å². The van der Waals surface area contributed by atoms with E-state index in [1.54, 1.807) is 16.7 Å². The third-order valence-corrected chi connectivity index (χ3v) is 7.35. The monoisotopic (exact) mass is 481 g/mol. The van der Waals surface area contributed by atoms with Gasteiger partial charge in [-0.15, -0.1) is 0 Å². The molecule has 1 aliphatic heterocycles. The number of anilines is 1. The number of amides is 1. The second-order valence-electron chi connectivity index (χ2n) is 10.6. The lowest BCUT2D eigenvalue weighted by Crippen LogP contribution is -2.26. The number of hydrogen-bond acceptors (Lipinski definition) is 6. The van der Waals surface area contributed by atoms with E-state index in [2.05, 4.69) is 17.2 Å². The summed E-state index contributed by atoms with van der Waals surface area (Å²) in [6.07, 6.45) is 7.01. The summed E-state index contributed by atoms with van der Waals surface area (Å²) in [6, 6.07) is 2.65. The van der Waals surface area contributed by atoms with Crippen LogP contribution in [-0.2, 0) is 10.2 Å². The van der Waals surface area contributed by atoms with Crippen molar-refractivity contribution in [3.63, 3.8) is 0 Å². The maximum absolute atomic E-state index is 13.5. The molecule has 0 spiro atoms. The summed E-state index contributed by atoms with van der Waals surface area (Å²) in [5.74, 6) is 0.0382. The molecule has 1 N–H and O–H groups in total. The lowest BCUT2D eigenvalue weighted by atomic mass is 9.84. The molecule has 4 atom stereocenters. The molecule has 2 unspecified atom stereocenters. The van der Waals surface area contributed by atoms with Gasteiger partial charge in [-0.2, -0.15) is 4.98 Å². The van der Waals surface area contributed by atoms with Crippen LogP contribution in [0.3, 0.4) is 0 Å². The highest BCUT2D eigenvalue weighted by atomic mass is 19.1. The fourth-order valence-corrected chi connectivity index (χ4v) is 5.37. The van der Waals surface area contributed by atoms with Gasteiger partial charge in [-0.1, -0.05) is 0 Å². The number of fused-ring (bicyclic) bond motifs is 3. The summed E-state index contributed by atoms with van der Waals surface area (Å²) >= 11 is 0. The maximum Gasteiger partial charge on any atom is 0.274 e. The number of carbonyl (C=O) groups is 1. The molecule has 184 valence electrons. The van der Waals surface area contributed by atoms with Crippen LogP contribution in [0.25, 0.3) is 5.78 Å². The molecular formula is C25H28FN5O4. The Bertz CT molecular complexity index is 1390. The molecule has 3 aliphatic rings. The van der Waals surface area contributed by atoms with Gasteiger partial charge in [0.25, 0.3) is 11.5 Å². The number of pyridine rings is 1. The number of rotatable bonds is 6. The number of aromatic nitrogens is 4. The second kappa shape index (κ2) is 7.61. The van der Waals surface area contributed by atoms with Gasteiger partial charge in [0.05, 0.1) is 30.0 Å². The SMILES string of the molecule is CC(C)Oc1nc2nc(C34CCC(C)(C3)OC4)cn2cc1C(=O)Nc1cccn([C@@H]2C[C@@H]2F)c1=O. The minimum atomic E-state index is -1.03. The van der Waals surface area contributed by atoms with Crippen molar-refractivity contribution in [3.05, 3.63) is 52.3 Å². The van der Waals surface area contributed by atoms with Crippen LogP contribution in [0.1, 0.15) is 68.5 Å². The van der Waals surface area contributed by atoms with Gasteiger partial charge in [0.15, 0.2) is 0 Å². The third kappa shape index (κ3) is 3.71. The molecule has 2 saturated carbocycles. The molecule has 3 aromatic heterocycles. The van der Waals surface area contributed by atoms with E-state index in [1.165, 1.54) is 16.8 Å². The topological polar surface area (TPSA) is 99.8 Å². The summed E-state index contributed by atoms with van der Waals surface area (Å²) < 4.78 is 28.5. The minimum absolute atomic E-state index is 0.0748. The lowest BCUT2D eigenvalue weighted by molar-refractivity contribution is -0.00627. The van der Waals surface area contributed by atoms with Crippen molar-refractivity contribution in [2.45, 2.75) is 75.8 Å². The molecule has 6 rings (SSSR count). The highest BCUT2D eigenvalue weighted by molar-refractivity contribution is 6.05. The number of nitrogens with zero attached hydrogens (tertiary/aromatic N) is 4. The Morgan fingerprint density at radius 3 is 2.74 bits per heavy atom. The molecule has 35 heavy (non-hydrogen) atoms. The van der Waals surface area contributed by atoms with Crippen molar-refractivity contribution in [1.82, 2.24) is 18.9 Å². The molecule has 0 aromatic carbocycles. The summed E-state index contributed by atoms with van der Waals surface area (Å²) in [5, 5.41) is 2.67. The average Bonchev–Trinajstić information content (AvgIpc) is 3.12. The standard InChI is InChI=1S/C25H28FN5O4/c1-14(2)35-21-15(20(32)27-17-5-4-8-31(22(17)33)18-9-16(18)26)10-30-11-19(28-23(30)29-21)25-7-6-24(3,12-25)34-13-25/h4-5,8,10-11,14,16,18H,6-7,9,12-13H2,1-3H3,(H,27,32)/t16-,18+,24?,25?/m0/s1. The van der Waals surface area contributed by atoms with E-state index in [-0.39, 0.29) is 34.3 Å². The Morgan fingerprint density at radius 2 is 2.11 bits per heavy atom. The van der Waals surface area contributed by atoms with Gasteiger partial charge >= 0.3 is 0 Å². The van der Waals surface area contributed by atoms with E-state index < -0.39 is 23.7 Å². The summed E-state index contributed by atoms with van der Waals surface area (Å²) in [7, 11) is 0. The first-order valence-corrected chi connectivity index (χ1v) is 12.0. The Balaban J connectivity index is 1.35. The smallest absolute Gasteiger partial charge is 0.274 e. The van der Waals surface area contributed by atoms with Crippen molar-refractivity contribution in [2.75, 3.05) is 11.9 Å². The van der Waals surface area contributed by atoms with Crippen LogP contribution in [-0.4, -0.2) is 49.3 Å². The molecule has 2 aliphatic carbocycles. The highest BCUT2D eigenvalue weighted by Gasteiger charge is 2.55. The lowest BCUT2D eigenvalue weighted by Gasteiger charge is -2.24. The minimum Gasteiger partial charge on any atom is -0.474 e. The molecule has 3 fully saturated rings. The first-order chi connectivity index (χ1) is 16.7. The zero-order valence-electron chi connectivity index (χ0n) is 20.0. The summed E-state index contributed by atoms with van der Waals surface area (Å²) in [6.45, 7) is 6.45. The molecule has 9 nitrogen and oxygen atoms in total. The van der Waals surface area contributed by atoms with E-state index in [9.17, 15) is 14.0 Å². The normalized spacial score (nSPS) is 29.2. The van der Waals surface area contributed by atoms with Crippen molar-refractivity contribution in [2.24, 2.45) is 0 Å². The number of imidazole rings is 1.